The Labute approximate surface area is 153 Å². The number of hydrogen-bond acceptors (Lipinski definition) is 6. The van der Waals surface area contributed by atoms with Crippen LogP contribution in [-0.4, -0.2) is 30.8 Å². The Morgan fingerprint density at radius 1 is 1.23 bits per heavy atom. The van der Waals surface area contributed by atoms with E-state index in [0.29, 0.717) is 10.8 Å². The summed E-state index contributed by atoms with van der Waals surface area (Å²) in [7, 11) is 0. The minimum absolute atomic E-state index is 0.0769. The number of carbonyl (C=O) groups excluding carboxylic acids is 1. The number of non-ortho nitro benzene ring substituents is 1. The predicted molar refractivity (Wildman–Crippen MR) is 98.4 cm³/mol. The zero-order valence-electron chi connectivity index (χ0n) is 13.8. The molecule has 8 nitrogen and oxygen atoms in total. The van der Waals surface area contributed by atoms with Gasteiger partial charge in [0, 0.05) is 23.5 Å². The third-order valence-corrected chi connectivity index (χ3v) is 4.58. The smallest absolute Gasteiger partial charge is 0.271 e. The van der Waals surface area contributed by atoms with Crippen LogP contribution in [0, 0.1) is 10.1 Å². The number of aromatic nitrogens is 3. The van der Waals surface area contributed by atoms with E-state index in [-0.39, 0.29) is 11.6 Å². The summed E-state index contributed by atoms with van der Waals surface area (Å²) in [5, 5.41) is 21.6. The van der Waals surface area contributed by atoms with E-state index in [1.807, 2.05) is 30.3 Å². The van der Waals surface area contributed by atoms with E-state index < -0.39 is 10.2 Å². The summed E-state index contributed by atoms with van der Waals surface area (Å²) in [6.07, 6.45) is 1.59. The quantitative estimate of drug-likeness (QED) is 0.406. The molecule has 0 aliphatic carbocycles. The number of hydrogen-bond donors (Lipinski definition) is 1. The lowest BCUT2D eigenvalue weighted by Crippen LogP contribution is -2.22. The van der Waals surface area contributed by atoms with E-state index in [9.17, 15) is 14.9 Å². The standard InChI is InChI=1S/C17H15N5O3S/c1-12(16(23)19-13-6-5-9-15(10-13)22(24)25)26-17-20-18-11-21(17)14-7-3-2-4-8-14/h2-12H,1H3,(H,19,23)/t12-/m0/s1. The van der Waals surface area contributed by atoms with Crippen molar-refractivity contribution in [2.75, 3.05) is 5.32 Å². The van der Waals surface area contributed by atoms with Crippen molar-refractivity contribution in [1.29, 1.82) is 0 Å². The molecule has 2 aromatic carbocycles. The number of nitro groups is 1. The maximum absolute atomic E-state index is 12.4. The summed E-state index contributed by atoms with van der Waals surface area (Å²) in [5.74, 6) is -0.280. The van der Waals surface area contributed by atoms with Gasteiger partial charge in [-0.2, -0.15) is 0 Å². The lowest BCUT2D eigenvalue weighted by Gasteiger charge is -2.12. The summed E-state index contributed by atoms with van der Waals surface area (Å²) in [4.78, 5) is 22.7. The summed E-state index contributed by atoms with van der Waals surface area (Å²) in [6, 6.07) is 15.4. The number of thioether (sulfide) groups is 1. The van der Waals surface area contributed by atoms with Crippen LogP contribution in [0.2, 0.25) is 0 Å². The van der Waals surface area contributed by atoms with Gasteiger partial charge in [0.25, 0.3) is 5.69 Å². The predicted octanol–water partition coefficient (Wildman–Crippen LogP) is 3.29. The van der Waals surface area contributed by atoms with Gasteiger partial charge in [-0.25, -0.2) is 0 Å². The average Bonchev–Trinajstić information content (AvgIpc) is 3.10. The first-order valence-electron chi connectivity index (χ1n) is 7.72. The van der Waals surface area contributed by atoms with Gasteiger partial charge in [0.1, 0.15) is 6.33 Å². The third-order valence-electron chi connectivity index (χ3n) is 3.53. The summed E-state index contributed by atoms with van der Waals surface area (Å²) >= 11 is 1.25. The van der Waals surface area contributed by atoms with Crippen LogP contribution >= 0.6 is 11.8 Å². The average molecular weight is 369 g/mol. The van der Waals surface area contributed by atoms with Gasteiger partial charge in [-0.1, -0.05) is 36.0 Å². The molecule has 0 saturated carbocycles. The zero-order chi connectivity index (χ0) is 18.5. The highest BCUT2D eigenvalue weighted by Crippen LogP contribution is 2.25. The molecular formula is C17H15N5O3S. The Kier molecular flexibility index (Phi) is 5.28. The lowest BCUT2D eigenvalue weighted by molar-refractivity contribution is -0.384. The van der Waals surface area contributed by atoms with E-state index >= 15 is 0 Å². The molecule has 1 atom stereocenters. The Balaban J connectivity index is 1.70. The molecule has 0 radical (unpaired) electrons. The monoisotopic (exact) mass is 369 g/mol. The van der Waals surface area contributed by atoms with E-state index in [1.54, 1.807) is 23.9 Å². The first-order valence-corrected chi connectivity index (χ1v) is 8.60. The number of anilines is 1. The lowest BCUT2D eigenvalue weighted by atomic mass is 10.2. The van der Waals surface area contributed by atoms with Crippen molar-refractivity contribution in [3.63, 3.8) is 0 Å². The molecule has 0 fully saturated rings. The highest BCUT2D eigenvalue weighted by atomic mass is 32.2. The number of nitro benzene ring substituents is 1. The molecule has 0 aliphatic heterocycles. The normalized spacial score (nSPS) is 11.7. The maximum atomic E-state index is 12.4. The van der Waals surface area contributed by atoms with Crippen LogP contribution < -0.4 is 5.32 Å². The number of nitrogens with zero attached hydrogens (tertiary/aromatic N) is 4. The molecule has 9 heteroatoms. The molecule has 0 bridgehead atoms. The minimum Gasteiger partial charge on any atom is -0.325 e. The fraction of sp³-hybridized carbons (Fsp3) is 0.118. The number of nitrogens with one attached hydrogen (secondary N) is 1. The van der Waals surface area contributed by atoms with Crippen molar-refractivity contribution in [3.8, 4) is 5.69 Å². The molecule has 0 saturated heterocycles. The second kappa shape index (κ2) is 7.79. The summed E-state index contributed by atoms with van der Waals surface area (Å²) < 4.78 is 1.79. The van der Waals surface area contributed by atoms with E-state index in [1.165, 1.54) is 30.0 Å². The topological polar surface area (TPSA) is 103 Å². The highest BCUT2D eigenvalue weighted by molar-refractivity contribution is 8.00. The molecule has 1 N–H and O–H groups in total. The first-order chi connectivity index (χ1) is 12.5. The Morgan fingerprint density at radius 3 is 2.73 bits per heavy atom. The van der Waals surface area contributed by atoms with Crippen LogP contribution in [0.4, 0.5) is 11.4 Å². The van der Waals surface area contributed by atoms with Crippen molar-refractivity contribution >= 4 is 29.0 Å². The highest BCUT2D eigenvalue weighted by Gasteiger charge is 2.19. The van der Waals surface area contributed by atoms with Crippen molar-refractivity contribution in [2.45, 2.75) is 17.3 Å². The van der Waals surface area contributed by atoms with Crippen LogP contribution in [0.15, 0.2) is 66.1 Å². The van der Waals surface area contributed by atoms with E-state index in [2.05, 4.69) is 15.5 Å². The van der Waals surface area contributed by atoms with Crippen molar-refractivity contribution in [1.82, 2.24) is 14.8 Å². The van der Waals surface area contributed by atoms with Gasteiger partial charge in [-0.3, -0.25) is 19.5 Å². The van der Waals surface area contributed by atoms with E-state index in [4.69, 9.17) is 0 Å². The fourth-order valence-corrected chi connectivity index (χ4v) is 3.07. The Hall–Kier alpha value is -3.20. The molecule has 26 heavy (non-hydrogen) atoms. The Bertz CT molecular complexity index is 929. The molecule has 0 aliphatic rings. The van der Waals surface area contributed by atoms with Crippen LogP contribution in [0.1, 0.15) is 6.92 Å². The Morgan fingerprint density at radius 2 is 2.00 bits per heavy atom. The molecule has 0 unspecified atom stereocenters. The number of carbonyl (C=O) groups is 1. The van der Waals surface area contributed by atoms with Gasteiger partial charge >= 0.3 is 0 Å². The van der Waals surface area contributed by atoms with Crippen LogP contribution in [0.5, 0.6) is 0 Å². The molecule has 3 aromatic rings. The summed E-state index contributed by atoms with van der Waals surface area (Å²) in [6.45, 7) is 1.74. The van der Waals surface area contributed by atoms with Crippen LogP contribution in [0.25, 0.3) is 5.69 Å². The minimum atomic E-state index is -0.504. The second-order valence-corrected chi connectivity index (χ2v) is 6.68. The van der Waals surface area contributed by atoms with Gasteiger partial charge in [-0.05, 0) is 25.1 Å². The fourth-order valence-electron chi connectivity index (χ4n) is 2.22. The number of para-hydroxylation sites is 1. The van der Waals surface area contributed by atoms with Gasteiger partial charge in [0.05, 0.1) is 10.2 Å². The molecule has 1 aromatic heterocycles. The SMILES string of the molecule is C[C@H](Sc1nncn1-c1ccccc1)C(=O)Nc1cccc([N+](=O)[O-])c1. The molecule has 1 heterocycles. The number of amides is 1. The largest absolute Gasteiger partial charge is 0.325 e. The maximum Gasteiger partial charge on any atom is 0.271 e. The van der Waals surface area contributed by atoms with Gasteiger partial charge < -0.3 is 5.32 Å². The van der Waals surface area contributed by atoms with E-state index in [0.717, 1.165) is 5.69 Å². The van der Waals surface area contributed by atoms with Gasteiger partial charge in [0.2, 0.25) is 5.91 Å². The second-order valence-electron chi connectivity index (χ2n) is 5.38. The molecule has 0 spiro atoms. The van der Waals surface area contributed by atoms with Crippen molar-refractivity contribution < 1.29 is 9.72 Å². The molecular weight excluding hydrogens is 354 g/mol. The molecule has 1 amide bonds. The van der Waals surface area contributed by atoms with Gasteiger partial charge in [-0.15, -0.1) is 10.2 Å². The van der Waals surface area contributed by atoms with Gasteiger partial charge in [0.15, 0.2) is 5.16 Å². The zero-order valence-corrected chi connectivity index (χ0v) is 14.6. The molecule has 3 rings (SSSR count). The third kappa shape index (κ3) is 4.06. The van der Waals surface area contributed by atoms with Crippen LogP contribution in [0.3, 0.4) is 0 Å². The molecule has 132 valence electrons. The number of benzene rings is 2. The van der Waals surface area contributed by atoms with Crippen LogP contribution in [-0.2, 0) is 4.79 Å². The van der Waals surface area contributed by atoms with Crippen molar-refractivity contribution in [3.05, 3.63) is 71.0 Å². The summed E-state index contributed by atoms with van der Waals surface area (Å²) in [5.41, 5.74) is 1.19. The van der Waals surface area contributed by atoms with Crippen molar-refractivity contribution in [2.24, 2.45) is 0 Å². The number of rotatable bonds is 6. The first kappa shape index (κ1) is 17.6.